The van der Waals surface area contributed by atoms with E-state index in [4.69, 9.17) is 11.0 Å². The van der Waals surface area contributed by atoms with Gasteiger partial charge in [0.25, 0.3) is 0 Å². The summed E-state index contributed by atoms with van der Waals surface area (Å²) in [5, 5.41) is 12.0. The summed E-state index contributed by atoms with van der Waals surface area (Å²) in [5.74, 6) is -3.01. The highest BCUT2D eigenvalue weighted by molar-refractivity contribution is 7.89. The molecule has 12 heteroatoms. The summed E-state index contributed by atoms with van der Waals surface area (Å²) in [7, 11) is -3.40. The third kappa shape index (κ3) is 5.36. The molecule has 0 atom stereocenters. The molecule has 0 saturated carbocycles. The number of rotatable bonds is 8. The van der Waals surface area contributed by atoms with Crippen LogP contribution in [0.3, 0.4) is 0 Å². The first-order valence-corrected chi connectivity index (χ1v) is 12.0. The monoisotopic (exact) mass is 469 g/mol. The smallest absolute Gasteiger partial charge is 0.214 e. The Kier molecular flexibility index (Phi) is 7.19. The summed E-state index contributed by atoms with van der Waals surface area (Å²) in [6, 6.07) is 5.00. The second-order valence-electron chi connectivity index (χ2n) is 7.05. The Morgan fingerprint density at radius 2 is 1.97 bits per heavy atom. The first kappa shape index (κ1) is 23.1. The second kappa shape index (κ2) is 9.67. The molecule has 0 bridgehead atoms. The molecule has 3 rings (SSSR count). The van der Waals surface area contributed by atoms with Crippen LogP contribution in [0.5, 0.6) is 0 Å². The number of piperidine rings is 1. The Bertz CT molecular complexity index is 1090. The number of nitrogens with one attached hydrogen (secondary N) is 1. The van der Waals surface area contributed by atoms with Crippen molar-refractivity contribution in [2.24, 2.45) is 0 Å². The summed E-state index contributed by atoms with van der Waals surface area (Å²) in [6.45, 7) is 0.638. The number of anilines is 2. The molecule has 3 N–H and O–H groups in total. The van der Waals surface area contributed by atoms with Gasteiger partial charge in [0, 0.05) is 25.6 Å². The molecule has 2 aromatic rings. The van der Waals surface area contributed by atoms with Crippen molar-refractivity contribution in [1.82, 2.24) is 9.29 Å². The number of thiazole rings is 1. The number of halogens is 2. The minimum atomic E-state index is -3.40. The molecule has 1 saturated heterocycles. The Balaban J connectivity index is 1.63. The lowest BCUT2D eigenvalue weighted by Gasteiger charge is -2.31. The number of nitriles is 1. The number of carbonyl (C=O) groups excluding carboxylic acids is 1. The molecule has 1 aliphatic rings. The zero-order valence-corrected chi connectivity index (χ0v) is 18.1. The van der Waals surface area contributed by atoms with E-state index in [0.717, 1.165) is 23.5 Å². The van der Waals surface area contributed by atoms with Crippen molar-refractivity contribution in [2.75, 3.05) is 29.9 Å². The summed E-state index contributed by atoms with van der Waals surface area (Å²) >= 11 is 0.901. The molecule has 166 valence electrons. The van der Waals surface area contributed by atoms with E-state index < -0.39 is 33.0 Å². The molecule has 0 radical (unpaired) electrons. The van der Waals surface area contributed by atoms with Gasteiger partial charge in [-0.25, -0.2) is 26.5 Å². The van der Waals surface area contributed by atoms with Gasteiger partial charge < -0.3 is 11.1 Å². The second-order valence-corrected chi connectivity index (χ2v) is 10.1. The maximum Gasteiger partial charge on any atom is 0.214 e. The van der Waals surface area contributed by atoms with Crippen LogP contribution >= 0.6 is 11.3 Å². The van der Waals surface area contributed by atoms with Crippen LogP contribution in [-0.2, 0) is 10.0 Å². The fraction of sp³-hybridized carbons (Fsp3) is 0.421. The molecule has 1 aliphatic heterocycles. The lowest BCUT2D eigenvalue weighted by Crippen LogP contribution is -2.43. The molecular formula is C19H21F2N5O3S2. The number of nitrogen functional groups attached to an aromatic ring is 1. The molecule has 2 heterocycles. The Labute approximate surface area is 182 Å². The van der Waals surface area contributed by atoms with Crippen molar-refractivity contribution in [3.05, 3.63) is 40.3 Å². The molecule has 0 spiro atoms. The first-order chi connectivity index (χ1) is 14.7. The van der Waals surface area contributed by atoms with Crippen molar-refractivity contribution < 1.29 is 22.0 Å². The van der Waals surface area contributed by atoms with E-state index >= 15 is 0 Å². The van der Waals surface area contributed by atoms with Crippen LogP contribution < -0.4 is 11.1 Å². The first-order valence-electron chi connectivity index (χ1n) is 9.59. The average molecular weight is 470 g/mol. The average Bonchev–Trinajstić information content (AvgIpc) is 3.08. The number of hydrogen-bond donors (Lipinski definition) is 2. The van der Waals surface area contributed by atoms with Crippen LogP contribution in [0, 0.1) is 23.0 Å². The number of unbranched alkanes of at least 4 members (excludes halogenated alkanes) is 1. The maximum absolute atomic E-state index is 13.9. The summed E-state index contributed by atoms with van der Waals surface area (Å²) < 4.78 is 53.9. The molecule has 31 heavy (non-hydrogen) atoms. The van der Waals surface area contributed by atoms with Crippen molar-refractivity contribution in [3.8, 4) is 6.07 Å². The summed E-state index contributed by atoms with van der Waals surface area (Å²) in [4.78, 5) is 16.6. The van der Waals surface area contributed by atoms with Crippen molar-refractivity contribution in [3.63, 3.8) is 0 Å². The number of hydrogen-bond acceptors (Lipinski definition) is 8. The van der Waals surface area contributed by atoms with Crippen LogP contribution in [0.15, 0.2) is 18.2 Å². The number of nitrogens with zero attached hydrogens (tertiary/aromatic N) is 3. The Morgan fingerprint density at radius 3 is 2.58 bits per heavy atom. The SMILES string of the molecule is N#CCCCS(=O)(=O)N1CCC(Nc2nc(N)c(C(=O)c3c(F)cccc3F)s2)CC1. The highest BCUT2D eigenvalue weighted by atomic mass is 32.2. The molecule has 0 amide bonds. The lowest BCUT2D eigenvalue weighted by molar-refractivity contribution is 0.103. The zero-order chi connectivity index (χ0) is 22.6. The molecular weight excluding hydrogens is 448 g/mol. The van der Waals surface area contributed by atoms with Crippen molar-refractivity contribution in [1.29, 1.82) is 5.26 Å². The number of sulfonamides is 1. The summed E-state index contributed by atoms with van der Waals surface area (Å²) in [6.07, 6.45) is 1.53. The van der Waals surface area contributed by atoms with Gasteiger partial charge in [0.1, 0.15) is 22.3 Å². The number of ketones is 1. The highest BCUT2D eigenvalue weighted by Gasteiger charge is 2.29. The summed E-state index contributed by atoms with van der Waals surface area (Å²) in [5.41, 5.74) is 5.12. The number of carbonyl (C=O) groups is 1. The molecule has 1 aromatic heterocycles. The third-order valence-corrected chi connectivity index (χ3v) is 7.87. The molecule has 0 unspecified atom stereocenters. The quantitative estimate of drug-likeness (QED) is 0.449. The molecule has 1 fully saturated rings. The zero-order valence-electron chi connectivity index (χ0n) is 16.5. The van der Waals surface area contributed by atoms with Crippen LogP contribution in [0.1, 0.15) is 40.9 Å². The topological polar surface area (TPSA) is 129 Å². The van der Waals surface area contributed by atoms with Gasteiger partial charge in [-0.15, -0.1) is 0 Å². The van der Waals surface area contributed by atoms with Gasteiger partial charge in [0.15, 0.2) is 5.13 Å². The standard InChI is InChI=1S/C19H21F2N5O3S2/c20-13-4-3-5-14(21)15(13)16(27)17-18(23)25-19(30-17)24-12-6-9-26(10-7-12)31(28,29)11-2-1-8-22/h3-5,12H,1-2,6-7,9-11,23H2,(H,24,25). The van der Waals surface area contributed by atoms with Crippen LogP contribution in [0.2, 0.25) is 0 Å². The van der Waals surface area contributed by atoms with E-state index in [2.05, 4.69) is 10.3 Å². The number of aromatic nitrogens is 1. The lowest BCUT2D eigenvalue weighted by atomic mass is 10.1. The minimum absolute atomic E-state index is 0.0558. The van der Waals surface area contributed by atoms with Crippen LogP contribution in [0.4, 0.5) is 19.7 Å². The maximum atomic E-state index is 13.9. The van der Waals surface area contributed by atoms with Gasteiger partial charge in [-0.3, -0.25) is 4.79 Å². The van der Waals surface area contributed by atoms with Gasteiger partial charge in [0.05, 0.1) is 17.4 Å². The van der Waals surface area contributed by atoms with Gasteiger partial charge >= 0.3 is 0 Å². The van der Waals surface area contributed by atoms with Crippen molar-refractivity contribution >= 4 is 38.1 Å². The van der Waals surface area contributed by atoms with E-state index in [1.54, 1.807) is 0 Å². The van der Waals surface area contributed by atoms with Crippen LogP contribution in [0.25, 0.3) is 0 Å². The van der Waals surface area contributed by atoms with E-state index in [1.165, 1.54) is 10.4 Å². The van der Waals surface area contributed by atoms with E-state index in [9.17, 15) is 22.0 Å². The largest absolute Gasteiger partial charge is 0.382 e. The molecule has 0 aliphatic carbocycles. The van der Waals surface area contributed by atoms with Gasteiger partial charge in [-0.05, 0) is 31.4 Å². The van der Waals surface area contributed by atoms with Gasteiger partial charge in [-0.2, -0.15) is 5.26 Å². The fourth-order valence-electron chi connectivity index (χ4n) is 3.30. The highest BCUT2D eigenvalue weighted by Crippen LogP contribution is 2.30. The molecule has 1 aromatic carbocycles. The molecule has 8 nitrogen and oxygen atoms in total. The number of benzene rings is 1. The predicted molar refractivity (Wildman–Crippen MR) is 113 cm³/mol. The Morgan fingerprint density at radius 1 is 1.32 bits per heavy atom. The van der Waals surface area contributed by atoms with Crippen molar-refractivity contribution in [2.45, 2.75) is 31.7 Å². The van der Waals surface area contributed by atoms with Gasteiger partial charge in [0.2, 0.25) is 15.8 Å². The van der Waals surface area contributed by atoms with Crippen LogP contribution in [-0.4, -0.2) is 48.4 Å². The fourth-order valence-corrected chi connectivity index (χ4v) is 5.74. The third-order valence-electron chi connectivity index (χ3n) is 4.92. The number of nitrogens with two attached hydrogens (primary N) is 1. The van der Waals surface area contributed by atoms with E-state index in [-0.39, 0.29) is 28.9 Å². The van der Waals surface area contributed by atoms with E-state index in [1.807, 2.05) is 6.07 Å². The van der Waals surface area contributed by atoms with E-state index in [0.29, 0.717) is 37.5 Å². The predicted octanol–water partition coefficient (Wildman–Crippen LogP) is 2.74. The normalized spacial score (nSPS) is 15.5. The van der Waals surface area contributed by atoms with Gasteiger partial charge in [-0.1, -0.05) is 17.4 Å². The minimum Gasteiger partial charge on any atom is -0.382 e. The Hall–Kier alpha value is -2.62.